The largest absolute Gasteiger partial charge is 0.544 e. The number of carboxylic acids is 1. The second-order valence-electron chi connectivity index (χ2n) is 4.78. The van der Waals surface area contributed by atoms with E-state index in [0.29, 0.717) is 0 Å². The molecule has 1 aromatic rings. The van der Waals surface area contributed by atoms with E-state index in [-0.39, 0.29) is 11.3 Å². The quantitative estimate of drug-likeness (QED) is 0.442. The zero-order valence-corrected chi connectivity index (χ0v) is 11.6. The van der Waals surface area contributed by atoms with Gasteiger partial charge in [0.2, 0.25) is 0 Å². The molecule has 1 aromatic carbocycles. The molecule has 1 unspecified atom stereocenters. The molecule has 0 radical (unpaired) electrons. The van der Waals surface area contributed by atoms with Gasteiger partial charge in [-0.25, -0.2) is 4.79 Å². The molecule has 22 heavy (non-hydrogen) atoms. The summed E-state index contributed by atoms with van der Waals surface area (Å²) in [7, 11) is 0. The summed E-state index contributed by atoms with van der Waals surface area (Å²) in [5.41, 5.74) is -0.512. The molecule has 0 fully saturated rings. The Labute approximate surface area is 123 Å². The van der Waals surface area contributed by atoms with Gasteiger partial charge in [-0.3, -0.25) is 10.1 Å². The minimum absolute atomic E-state index is 0.217. The predicted molar refractivity (Wildman–Crippen MR) is 67.1 cm³/mol. The first-order valence-electron chi connectivity index (χ1n) is 6.12. The number of non-ortho nitro benzene ring substituents is 1. The Morgan fingerprint density at radius 3 is 2.09 bits per heavy atom. The van der Waals surface area contributed by atoms with Gasteiger partial charge in [-0.15, -0.1) is 0 Å². The Morgan fingerprint density at radius 1 is 1.23 bits per heavy atom. The third kappa shape index (κ3) is 3.74. The predicted octanol–water partition coefficient (Wildman–Crippen LogP) is 1.16. The monoisotopic (exact) mass is 316 g/mol. The van der Waals surface area contributed by atoms with Gasteiger partial charge in [0.15, 0.2) is 6.10 Å². The minimum Gasteiger partial charge on any atom is -0.544 e. The molecular formula is C13H12F2NO6-. The fourth-order valence-corrected chi connectivity index (χ4v) is 1.65. The Balaban J connectivity index is 2.97. The summed E-state index contributed by atoms with van der Waals surface area (Å²) in [6.45, 7) is 2.51. The van der Waals surface area contributed by atoms with E-state index in [2.05, 4.69) is 4.74 Å². The number of alkyl halides is 2. The number of ether oxygens (including phenoxy) is 1. The molecule has 0 bridgehead atoms. The van der Waals surface area contributed by atoms with Crippen molar-refractivity contribution in [1.29, 1.82) is 0 Å². The van der Waals surface area contributed by atoms with E-state index in [1.54, 1.807) is 0 Å². The number of nitro groups is 1. The summed E-state index contributed by atoms with van der Waals surface area (Å²) in [6, 6.07) is 4.04. The van der Waals surface area contributed by atoms with Crippen molar-refractivity contribution in [2.24, 2.45) is 5.92 Å². The van der Waals surface area contributed by atoms with Crippen LogP contribution in [0.25, 0.3) is 0 Å². The van der Waals surface area contributed by atoms with Crippen molar-refractivity contribution in [1.82, 2.24) is 0 Å². The summed E-state index contributed by atoms with van der Waals surface area (Å²) in [5, 5.41) is 21.0. The van der Waals surface area contributed by atoms with Crippen molar-refractivity contribution in [3.63, 3.8) is 0 Å². The lowest BCUT2D eigenvalue weighted by molar-refractivity contribution is -0.384. The highest BCUT2D eigenvalue weighted by Crippen LogP contribution is 2.27. The first kappa shape index (κ1) is 17.5. The van der Waals surface area contributed by atoms with Crippen LogP contribution in [0, 0.1) is 16.0 Å². The highest BCUT2D eigenvalue weighted by molar-refractivity contribution is 5.90. The number of rotatable bonds is 6. The third-order valence-corrected chi connectivity index (χ3v) is 2.78. The van der Waals surface area contributed by atoms with Crippen LogP contribution in [-0.2, 0) is 9.53 Å². The zero-order chi connectivity index (χ0) is 17.1. The van der Waals surface area contributed by atoms with E-state index in [9.17, 15) is 33.6 Å². The molecule has 120 valence electrons. The number of nitrogens with zero attached hydrogens (tertiary/aromatic N) is 1. The lowest BCUT2D eigenvalue weighted by atomic mass is 10.0. The van der Waals surface area contributed by atoms with Gasteiger partial charge >= 0.3 is 11.9 Å². The Bertz CT molecular complexity index is 585. The molecule has 7 nitrogen and oxygen atoms in total. The zero-order valence-electron chi connectivity index (χ0n) is 11.6. The minimum atomic E-state index is -4.36. The number of nitro benzene ring substituents is 1. The molecule has 0 saturated heterocycles. The third-order valence-electron chi connectivity index (χ3n) is 2.78. The van der Waals surface area contributed by atoms with Crippen molar-refractivity contribution in [3.8, 4) is 0 Å². The van der Waals surface area contributed by atoms with E-state index in [1.165, 1.54) is 13.8 Å². The molecule has 0 N–H and O–H groups in total. The van der Waals surface area contributed by atoms with Crippen molar-refractivity contribution in [3.05, 3.63) is 39.9 Å². The summed E-state index contributed by atoms with van der Waals surface area (Å²) >= 11 is 0. The van der Waals surface area contributed by atoms with E-state index >= 15 is 0 Å². The second-order valence-corrected chi connectivity index (χ2v) is 4.78. The first-order valence-corrected chi connectivity index (χ1v) is 6.12. The van der Waals surface area contributed by atoms with Gasteiger partial charge in [-0.2, -0.15) is 8.78 Å². The Morgan fingerprint density at radius 2 is 1.73 bits per heavy atom. The van der Waals surface area contributed by atoms with Crippen LogP contribution in [0.2, 0.25) is 0 Å². The molecule has 0 aromatic heterocycles. The SMILES string of the molecule is CC(C)C(OC(=O)c1ccc([N+](=O)[O-])cc1)C(F)(F)C(=O)[O-]. The van der Waals surface area contributed by atoms with Gasteiger partial charge in [-0.1, -0.05) is 13.8 Å². The Kier molecular flexibility index (Phi) is 5.13. The van der Waals surface area contributed by atoms with Gasteiger partial charge in [0, 0.05) is 12.1 Å². The average molecular weight is 316 g/mol. The van der Waals surface area contributed by atoms with Crippen molar-refractivity contribution in [2.45, 2.75) is 25.9 Å². The topological polar surface area (TPSA) is 110 Å². The molecule has 1 atom stereocenters. The molecular weight excluding hydrogens is 304 g/mol. The van der Waals surface area contributed by atoms with Crippen molar-refractivity contribution < 1.29 is 33.1 Å². The lowest BCUT2D eigenvalue weighted by Crippen LogP contribution is -2.53. The lowest BCUT2D eigenvalue weighted by Gasteiger charge is -2.30. The molecule has 0 amide bonds. The van der Waals surface area contributed by atoms with Gasteiger partial charge < -0.3 is 14.6 Å². The summed E-state index contributed by atoms with van der Waals surface area (Å²) in [6.07, 6.45) is -2.22. The number of carboxylic acid groups (broad SMARTS) is 1. The Hall–Kier alpha value is -2.58. The number of benzene rings is 1. The molecule has 0 saturated carbocycles. The van der Waals surface area contributed by atoms with Gasteiger partial charge in [0.25, 0.3) is 5.69 Å². The average Bonchev–Trinajstić information content (AvgIpc) is 2.43. The van der Waals surface area contributed by atoms with Gasteiger partial charge in [0.05, 0.1) is 10.5 Å². The molecule has 0 spiro atoms. The number of halogens is 2. The number of carbonyl (C=O) groups excluding carboxylic acids is 2. The highest BCUT2D eigenvalue weighted by Gasteiger charge is 2.46. The van der Waals surface area contributed by atoms with Crippen LogP contribution in [0.1, 0.15) is 24.2 Å². The molecule has 0 heterocycles. The molecule has 0 aliphatic heterocycles. The number of esters is 1. The molecule has 9 heteroatoms. The standard InChI is InChI=1S/C13H13F2NO6/c1-7(2)10(13(14,15)12(18)19)22-11(17)8-3-5-9(6-4-8)16(20)21/h3-7,10H,1-2H3,(H,18,19)/p-1. The van der Waals surface area contributed by atoms with Crippen molar-refractivity contribution in [2.75, 3.05) is 0 Å². The summed E-state index contributed by atoms with van der Waals surface area (Å²) in [4.78, 5) is 32.0. The number of aliphatic carboxylic acids is 1. The smallest absolute Gasteiger partial charge is 0.338 e. The fourth-order valence-electron chi connectivity index (χ4n) is 1.65. The highest BCUT2D eigenvalue weighted by atomic mass is 19.3. The van der Waals surface area contributed by atoms with E-state index in [4.69, 9.17) is 0 Å². The van der Waals surface area contributed by atoms with E-state index in [0.717, 1.165) is 24.3 Å². The van der Waals surface area contributed by atoms with Gasteiger partial charge in [-0.05, 0) is 18.1 Å². The van der Waals surface area contributed by atoms with E-state index in [1.807, 2.05) is 0 Å². The van der Waals surface area contributed by atoms with Crippen LogP contribution in [0.5, 0.6) is 0 Å². The summed E-state index contributed by atoms with van der Waals surface area (Å²) < 4.78 is 31.5. The normalized spacial score (nSPS) is 12.8. The maximum absolute atomic E-state index is 13.5. The van der Waals surface area contributed by atoms with E-state index < -0.39 is 34.8 Å². The van der Waals surface area contributed by atoms with Crippen LogP contribution >= 0.6 is 0 Å². The molecule has 0 aliphatic carbocycles. The maximum Gasteiger partial charge on any atom is 0.338 e. The van der Waals surface area contributed by atoms with Crippen LogP contribution < -0.4 is 5.11 Å². The molecule has 0 aliphatic rings. The van der Waals surface area contributed by atoms with Crippen LogP contribution in [0.3, 0.4) is 0 Å². The van der Waals surface area contributed by atoms with Crippen LogP contribution in [-0.4, -0.2) is 28.9 Å². The summed E-state index contributed by atoms with van der Waals surface area (Å²) in [5.74, 6) is -9.21. The first-order chi connectivity index (χ1) is 10.1. The second kappa shape index (κ2) is 6.46. The van der Waals surface area contributed by atoms with Crippen LogP contribution in [0.15, 0.2) is 24.3 Å². The maximum atomic E-state index is 13.5. The van der Waals surface area contributed by atoms with Crippen LogP contribution in [0.4, 0.5) is 14.5 Å². The fraction of sp³-hybridized carbons (Fsp3) is 0.385. The number of hydrogen-bond acceptors (Lipinski definition) is 6. The van der Waals surface area contributed by atoms with Gasteiger partial charge in [0.1, 0.15) is 5.97 Å². The molecule has 1 rings (SSSR count). The number of hydrogen-bond donors (Lipinski definition) is 0. The van der Waals surface area contributed by atoms with Crippen molar-refractivity contribution >= 4 is 17.6 Å². The number of carbonyl (C=O) groups is 2.